The minimum atomic E-state index is 0.384. The maximum absolute atomic E-state index is 10.4. The maximum atomic E-state index is 10.4. The van der Waals surface area contributed by atoms with Crippen LogP contribution >= 0.6 is 15.9 Å². The molecule has 1 nitrogen and oxygen atoms in total. The summed E-state index contributed by atoms with van der Waals surface area (Å²) in [6.45, 7) is 6.22. The van der Waals surface area contributed by atoms with E-state index in [1.54, 1.807) is 0 Å². The summed E-state index contributed by atoms with van der Waals surface area (Å²) >= 11 is 3.43. The quantitative estimate of drug-likeness (QED) is 0.784. The number of hydrogen-bond donors (Lipinski definition) is 1. The first-order chi connectivity index (χ1) is 8.54. The van der Waals surface area contributed by atoms with Gasteiger partial charge in [0.05, 0.1) is 0 Å². The van der Waals surface area contributed by atoms with Crippen molar-refractivity contribution in [1.82, 2.24) is 0 Å². The second-order valence-electron chi connectivity index (χ2n) is 4.72. The number of benzene rings is 2. The molecular formula is C16H17BrO. The molecule has 0 saturated carbocycles. The molecule has 94 valence electrons. The van der Waals surface area contributed by atoms with Crippen molar-refractivity contribution in [1.29, 1.82) is 0 Å². The predicted molar refractivity (Wildman–Crippen MR) is 80.4 cm³/mol. The highest BCUT2D eigenvalue weighted by Gasteiger charge is 2.13. The van der Waals surface area contributed by atoms with Crippen LogP contribution in [0.5, 0.6) is 5.75 Å². The number of phenolic OH excluding ortho intramolecular Hbond substituents is 1. The Morgan fingerprint density at radius 1 is 1.06 bits per heavy atom. The lowest BCUT2D eigenvalue weighted by molar-refractivity contribution is 0.472. The summed E-state index contributed by atoms with van der Waals surface area (Å²) < 4.78 is 0. The van der Waals surface area contributed by atoms with Crippen molar-refractivity contribution in [3.05, 3.63) is 52.6 Å². The molecule has 0 fully saturated rings. The Bertz CT molecular complexity index is 568. The van der Waals surface area contributed by atoms with Gasteiger partial charge >= 0.3 is 0 Å². The first kappa shape index (κ1) is 13.2. The van der Waals surface area contributed by atoms with E-state index in [9.17, 15) is 5.11 Å². The van der Waals surface area contributed by atoms with Crippen LogP contribution in [0.15, 0.2) is 30.3 Å². The SMILES string of the molecule is Cc1cc(CBr)c(O)c(-c2c(C)cccc2C)c1. The fourth-order valence-electron chi connectivity index (χ4n) is 2.39. The third-order valence-corrected chi connectivity index (χ3v) is 3.83. The van der Waals surface area contributed by atoms with Gasteiger partial charge in [-0.15, -0.1) is 0 Å². The molecule has 2 aromatic rings. The smallest absolute Gasteiger partial charge is 0.127 e. The monoisotopic (exact) mass is 304 g/mol. The lowest BCUT2D eigenvalue weighted by atomic mass is 9.92. The van der Waals surface area contributed by atoms with E-state index >= 15 is 0 Å². The number of halogens is 1. The van der Waals surface area contributed by atoms with Crippen LogP contribution in [0, 0.1) is 20.8 Å². The van der Waals surface area contributed by atoms with Crippen molar-refractivity contribution in [2.45, 2.75) is 26.1 Å². The molecule has 0 aliphatic carbocycles. The highest BCUT2D eigenvalue weighted by Crippen LogP contribution is 2.37. The van der Waals surface area contributed by atoms with Crippen molar-refractivity contribution in [2.75, 3.05) is 0 Å². The van der Waals surface area contributed by atoms with Crippen LogP contribution in [-0.2, 0) is 5.33 Å². The van der Waals surface area contributed by atoms with E-state index in [1.165, 1.54) is 16.7 Å². The minimum Gasteiger partial charge on any atom is -0.507 e. The van der Waals surface area contributed by atoms with Crippen molar-refractivity contribution >= 4 is 15.9 Å². The second kappa shape index (κ2) is 5.15. The van der Waals surface area contributed by atoms with E-state index in [0.29, 0.717) is 11.1 Å². The first-order valence-electron chi connectivity index (χ1n) is 5.99. The Morgan fingerprint density at radius 3 is 2.22 bits per heavy atom. The third kappa shape index (κ3) is 2.30. The van der Waals surface area contributed by atoms with Crippen LogP contribution in [0.4, 0.5) is 0 Å². The van der Waals surface area contributed by atoms with Crippen LogP contribution < -0.4 is 0 Å². The Kier molecular flexibility index (Phi) is 3.76. The number of alkyl halides is 1. The zero-order chi connectivity index (χ0) is 13.3. The van der Waals surface area contributed by atoms with E-state index in [0.717, 1.165) is 16.7 Å². The van der Waals surface area contributed by atoms with Crippen molar-refractivity contribution in [2.24, 2.45) is 0 Å². The Hall–Kier alpha value is -1.28. The molecule has 2 aromatic carbocycles. The van der Waals surface area contributed by atoms with Crippen LogP contribution in [0.3, 0.4) is 0 Å². The molecule has 0 aromatic heterocycles. The molecule has 0 spiro atoms. The predicted octanol–water partition coefficient (Wildman–Crippen LogP) is 4.88. The first-order valence-corrected chi connectivity index (χ1v) is 7.11. The normalized spacial score (nSPS) is 10.7. The van der Waals surface area contributed by atoms with Crippen LogP contribution in [0.25, 0.3) is 11.1 Å². The molecule has 0 amide bonds. The Balaban J connectivity index is 2.75. The van der Waals surface area contributed by atoms with Crippen LogP contribution in [0.2, 0.25) is 0 Å². The van der Waals surface area contributed by atoms with Gasteiger partial charge in [-0.3, -0.25) is 0 Å². The van der Waals surface area contributed by atoms with Crippen LogP contribution in [-0.4, -0.2) is 5.11 Å². The van der Waals surface area contributed by atoms with Gasteiger partial charge in [0.25, 0.3) is 0 Å². The zero-order valence-corrected chi connectivity index (χ0v) is 12.5. The van der Waals surface area contributed by atoms with Crippen molar-refractivity contribution in [3.63, 3.8) is 0 Å². The van der Waals surface area contributed by atoms with E-state index < -0.39 is 0 Å². The molecule has 0 bridgehead atoms. The van der Waals surface area contributed by atoms with Gasteiger partial charge in [0, 0.05) is 16.5 Å². The number of aryl methyl sites for hydroxylation is 3. The molecule has 0 saturated heterocycles. The number of aromatic hydroxyl groups is 1. The molecule has 0 unspecified atom stereocenters. The summed E-state index contributed by atoms with van der Waals surface area (Å²) in [7, 11) is 0. The minimum absolute atomic E-state index is 0.384. The summed E-state index contributed by atoms with van der Waals surface area (Å²) in [5.41, 5.74) is 6.56. The van der Waals surface area contributed by atoms with Gasteiger partial charge in [0.15, 0.2) is 0 Å². The standard InChI is InChI=1S/C16H17BrO/c1-10-7-13(9-17)16(18)14(8-10)15-11(2)5-4-6-12(15)3/h4-8,18H,9H2,1-3H3. The van der Waals surface area contributed by atoms with Gasteiger partial charge in [0.1, 0.15) is 5.75 Å². The third-order valence-electron chi connectivity index (χ3n) is 3.23. The molecule has 0 radical (unpaired) electrons. The highest BCUT2D eigenvalue weighted by atomic mass is 79.9. The largest absolute Gasteiger partial charge is 0.507 e. The number of rotatable bonds is 2. The summed E-state index contributed by atoms with van der Waals surface area (Å²) in [6.07, 6.45) is 0. The average molecular weight is 305 g/mol. The Labute approximate surface area is 117 Å². The summed E-state index contributed by atoms with van der Waals surface area (Å²) in [6, 6.07) is 10.3. The molecule has 2 rings (SSSR count). The average Bonchev–Trinajstić information content (AvgIpc) is 2.32. The van der Waals surface area contributed by atoms with Crippen LogP contribution in [0.1, 0.15) is 22.3 Å². The van der Waals surface area contributed by atoms with Gasteiger partial charge < -0.3 is 5.11 Å². The molecule has 0 aliphatic rings. The van der Waals surface area contributed by atoms with Gasteiger partial charge in [-0.2, -0.15) is 0 Å². The van der Waals surface area contributed by atoms with Gasteiger partial charge in [0.2, 0.25) is 0 Å². The summed E-state index contributed by atoms with van der Waals surface area (Å²) in [5.74, 6) is 0.384. The van der Waals surface area contributed by atoms with Gasteiger partial charge in [-0.1, -0.05) is 40.2 Å². The maximum Gasteiger partial charge on any atom is 0.127 e. The fraction of sp³-hybridized carbons (Fsp3) is 0.250. The van der Waals surface area contributed by atoms with Gasteiger partial charge in [-0.25, -0.2) is 0 Å². The molecular weight excluding hydrogens is 288 g/mol. The van der Waals surface area contributed by atoms with E-state index in [2.05, 4.69) is 54.9 Å². The molecule has 0 aliphatic heterocycles. The molecule has 1 N–H and O–H groups in total. The molecule has 0 atom stereocenters. The number of hydrogen-bond acceptors (Lipinski definition) is 1. The van der Waals surface area contributed by atoms with Gasteiger partial charge in [-0.05, 0) is 49.1 Å². The lowest BCUT2D eigenvalue weighted by Crippen LogP contribution is -1.92. The molecule has 18 heavy (non-hydrogen) atoms. The Morgan fingerprint density at radius 2 is 1.67 bits per heavy atom. The highest BCUT2D eigenvalue weighted by molar-refractivity contribution is 9.08. The van der Waals surface area contributed by atoms with E-state index in [1.807, 2.05) is 12.1 Å². The molecule has 2 heteroatoms. The van der Waals surface area contributed by atoms with E-state index in [-0.39, 0.29) is 0 Å². The summed E-state index contributed by atoms with van der Waals surface area (Å²) in [4.78, 5) is 0. The molecule has 0 heterocycles. The lowest BCUT2D eigenvalue weighted by Gasteiger charge is -2.14. The van der Waals surface area contributed by atoms with Crippen molar-refractivity contribution in [3.8, 4) is 16.9 Å². The summed E-state index contributed by atoms with van der Waals surface area (Å²) in [5, 5.41) is 11.1. The fourth-order valence-corrected chi connectivity index (χ4v) is 2.81. The topological polar surface area (TPSA) is 20.2 Å². The van der Waals surface area contributed by atoms with E-state index in [4.69, 9.17) is 0 Å². The second-order valence-corrected chi connectivity index (χ2v) is 5.28. The number of phenols is 1. The van der Waals surface area contributed by atoms with Crippen molar-refractivity contribution < 1.29 is 5.11 Å². The zero-order valence-electron chi connectivity index (χ0n) is 10.9.